The van der Waals surface area contributed by atoms with Gasteiger partial charge in [-0.25, -0.2) is 0 Å². The molecule has 0 aromatic carbocycles. The molecule has 0 spiro atoms. The minimum atomic E-state index is -0.466. The van der Waals surface area contributed by atoms with E-state index in [-0.39, 0.29) is 0 Å². The van der Waals surface area contributed by atoms with Gasteiger partial charge in [-0.2, -0.15) is 5.10 Å². The van der Waals surface area contributed by atoms with Gasteiger partial charge in [0.05, 0.1) is 11.3 Å². The van der Waals surface area contributed by atoms with Crippen LogP contribution in [0, 0.1) is 23.7 Å². The van der Waals surface area contributed by atoms with Crippen molar-refractivity contribution in [1.29, 1.82) is 0 Å². The molecule has 0 saturated heterocycles. The van der Waals surface area contributed by atoms with Gasteiger partial charge >= 0.3 is 0 Å². The second kappa shape index (κ2) is 4.33. The van der Waals surface area contributed by atoms with Gasteiger partial charge in [0.2, 0.25) is 0 Å². The molecule has 0 radical (unpaired) electrons. The first kappa shape index (κ1) is 12.9. The number of rotatable bonds is 3. The first-order chi connectivity index (χ1) is 9.57. The van der Waals surface area contributed by atoms with Gasteiger partial charge in [-0.15, -0.1) is 0 Å². The lowest BCUT2D eigenvalue weighted by molar-refractivity contribution is -0.0458. The van der Waals surface area contributed by atoms with Crippen molar-refractivity contribution in [2.45, 2.75) is 64.0 Å². The van der Waals surface area contributed by atoms with Crippen molar-refractivity contribution < 1.29 is 5.11 Å². The van der Waals surface area contributed by atoms with Crippen LogP contribution in [0.1, 0.15) is 57.7 Å². The second-order valence-corrected chi connectivity index (χ2v) is 7.73. The molecule has 20 heavy (non-hydrogen) atoms. The van der Waals surface area contributed by atoms with Crippen LogP contribution in [0.25, 0.3) is 0 Å². The summed E-state index contributed by atoms with van der Waals surface area (Å²) in [7, 11) is 0. The van der Waals surface area contributed by atoms with E-state index in [1.165, 1.54) is 25.7 Å². The maximum absolute atomic E-state index is 11.2. The first-order valence-corrected chi connectivity index (χ1v) is 8.33. The van der Waals surface area contributed by atoms with Crippen LogP contribution in [0.2, 0.25) is 0 Å². The Balaban J connectivity index is 1.53. The molecule has 1 N–H and O–H groups in total. The van der Waals surface area contributed by atoms with Gasteiger partial charge in [0.1, 0.15) is 0 Å². The minimum absolute atomic E-state index is 0.401. The van der Waals surface area contributed by atoms with E-state index in [0.29, 0.717) is 12.0 Å². The van der Waals surface area contributed by atoms with Gasteiger partial charge in [-0.1, -0.05) is 6.42 Å². The molecule has 110 valence electrons. The molecule has 3 saturated carbocycles. The smallest absolute Gasteiger partial charge is 0.0737 e. The Bertz CT molecular complexity index is 509. The Kier molecular flexibility index (Phi) is 2.79. The highest BCUT2D eigenvalue weighted by Gasteiger charge is 2.60. The molecule has 3 nitrogen and oxygen atoms in total. The highest BCUT2D eigenvalue weighted by Crippen LogP contribution is 2.62. The molecule has 4 rings (SSSR count). The van der Waals surface area contributed by atoms with E-state index in [1.54, 1.807) is 0 Å². The van der Waals surface area contributed by atoms with Crippen molar-refractivity contribution in [3.8, 4) is 0 Å². The largest absolute Gasteiger partial charge is 0.389 e. The molecular formula is C17H26N2O. The van der Waals surface area contributed by atoms with Crippen molar-refractivity contribution in [2.75, 3.05) is 0 Å². The van der Waals surface area contributed by atoms with Gasteiger partial charge in [-0.3, -0.25) is 4.68 Å². The molecule has 0 amide bonds. The number of hydrogen-bond acceptors (Lipinski definition) is 2. The monoisotopic (exact) mass is 274 g/mol. The van der Waals surface area contributed by atoms with Crippen LogP contribution < -0.4 is 0 Å². The highest BCUT2D eigenvalue weighted by molar-refractivity contribution is 5.15. The SMILES string of the molecule is CC(C)n1ccc(CC2(O)CC3CC2C2CCCC32)n1. The number of fused-ring (bicyclic) bond motifs is 5. The molecule has 5 atom stereocenters. The quantitative estimate of drug-likeness (QED) is 0.919. The van der Waals surface area contributed by atoms with Crippen molar-refractivity contribution in [3.05, 3.63) is 18.0 Å². The fourth-order valence-electron chi connectivity index (χ4n) is 5.51. The molecule has 0 aliphatic heterocycles. The Morgan fingerprint density at radius 1 is 1.40 bits per heavy atom. The lowest BCUT2D eigenvalue weighted by Gasteiger charge is -2.38. The maximum atomic E-state index is 11.2. The standard InChI is InChI=1S/C17H26N2O/c1-11(2)19-7-6-13(18-19)10-17(20)9-12-8-16(17)15-5-3-4-14(12)15/h6-7,11-12,14-16,20H,3-5,8-10H2,1-2H3. The normalized spacial score (nSPS) is 42.6. The summed E-state index contributed by atoms with van der Waals surface area (Å²) in [4.78, 5) is 0. The zero-order valence-corrected chi connectivity index (χ0v) is 12.6. The minimum Gasteiger partial charge on any atom is -0.389 e. The van der Waals surface area contributed by atoms with E-state index >= 15 is 0 Å². The molecule has 5 unspecified atom stereocenters. The summed E-state index contributed by atoms with van der Waals surface area (Å²) in [5, 5.41) is 15.8. The highest BCUT2D eigenvalue weighted by atomic mass is 16.3. The van der Waals surface area contributed by atoms with Crippen LogP contribution in [0.5, 0.6) is 0 Å². The second-order valence-electron chi connectivity index (χ2n) is 7.73. The van der Waals surface area contributed by atoms with E-state index < -0.39 is 5.60 Å². The number of nitrogens with zero attached hydrogens (tertiary/aromatic N) is 2. The molecule has 1 aromatic heterocycles. The first-order valence-electron chi connectivity index (χ1n) is 8.33. The number of aromatic nitrogens is 2. The summed E-state index contributed by atoms with van der Waals surface area (Å²) in [5.41, 5.74) is 0.607. The molecule has 3 aliphatic rings. The van der Waals surface area contributed by atoms with Crippen molar-refractivity contribution in [2.24, 2.45) is 23.7 Å². The zero-order chi connectivity index (χ0) is 13.9. The lowest BCUT2D eigenvalue weighted by atomic mass is 9.71. The van der Waals surface area contributed by atoms with E-state index in [9.17, 15) is 5.11 Å². The number of hydrogen-bond donors (Lipinski definition) is 1. The fourth-order valence-corrected chi connectivity index (χ4v) is 5.51. The average Bonchev–Trinajstić information content (AvgIpc) is 3.07. The van der Waals surface area contributed by atoms with E-state index in [2.05, 4.69) is 31.2 Å². The van der Waals surface area contributed by atoms with Gasteiger partial charge in [0.15, 0.2) is 0 Å². The Morgan fingerprint density at radius 3 is 2.95 bits per heavy atom. The van der Waals surface area contributed by atoms with Crippen molar-refractivity contribution in [3.63, 3.8) is 0 Å². The van der Waals surface area contributed by atoms with Crippen LogP contribution in [0.4, 0.5) is 0 Å². The van der Waals surface area contributed by atoms with Crippen LogP contribution in [0.3, 0.4) is 0 Å². The predicted octanol–water partition coefficient (Wildman–Crippen LogP) is 3.19. The molecule has 3 heteroatoms. The van der Waals surface area contributed by atoms with Crippen LogP contribution in [-0.4, -0.2) is 20.5 Å². The maximum Gasteiger partial charge on any atom is 0.0737 e. The van der Waals surface area contributed by atoms with Crippen molar-refractivity contribution >= 4 is 0 Å². The fraction of sp³-hybridized carbons (Fsp3) is 0.824. The molecule has 2 bridgehead atoms. The summed E-state index contributed by atoms with van der Waals surface area (Å²) in [6, 6.07) is 2.49. The Morgan fingerprint density at radius 2 is 2.20 bits per heavy atom. The van der Waals surface area contributed by atoms with Crippen molar-refractivity contribution in [1.82, 2.24) is 9.78 Å². The molecule has 3 aliphatic carbocycles. The third-order valence-corrected chi connectivity index (χ3v) is 6.29. The third kappa shape index (κ3) is 1.78. The molecule has 3 fully saturated rings. The van der Waals surface area contributed by atoms with Gasteiger partial charge < -0.3 is 5.11 Å². The summed E-state index contributed by atoms with van der Waals surface area (Å²) in [5.74, 6) is 3.09. The van der Waals surface area contributed by atoms with Gasteiger partial charge in [0, 0.05) is 18.7 Å². The Labute approximate surface area is 121 Å². The average molecular weight is 274 g/mol. The van der Waals surface area contributed by atoms with Crippen LogP contribution in [0.15, 0.2) is 12.3 Å². The molecule has 1 aromatic rings. The molecule has 1 heterocycles. The molecular weight excluding hydrogens is 248 g/mol. The summed E-state index contributed by atoms with van der Waals surface area (Å²) >= 11 is 0. The summed E-state index contributed by atoms with van der Waals surface area (Å²) in [6.45, 7) is 4.29. The third-order valence-electron chi connectivity index (χ3n) is 6.29. The summed E-state index contributed by atoms with van der Waals surface area (Å²) < 4.78 is 2.00. The topological polar surface area (TPSA) is 38.0 Å². The number of aliphatic hydroxyl groups is 1. The predicted molar refractivity (Wildman–Crippen MR) is 78.3 cm³/mol. The summed E-state index contributed by atoms with van der Waals surface area (Å²) in [6.07, 6.45) is 9.27. The van der Waals surface area contributed by atoms with Gasteiger partial charge in [-0.05, 0) is 69.3 Å². The van der Waals surface area contributed by atoms with E-state index in [0.717, 1.165) is 36.3 Å². The lowest BCUT2D eigenvalue weighted by Crippen LogP contribution is -2.43. The van der Waals surface area contributed by atoms with Crippen LogP contribution >= 0.6 is 0 Å². The van der Waals surface area contributed by atoms with Crippen LogP contribution in [-0.2, 0) is 6.42 Å². The zero-order valence-electron chi connectivity index (χ0n) is 12.6. The Hall–Kier alpha value is -0.830. The van der Waals surface area contributed by atoms with Gasteiger partial charge in [0.25, 0.3) is 0 Å². The van der Waals surface area contributed by atoms with E-state index in [4.69, 9.17) is 0 Å². The van der Waals surface area contributed by atoms with E-state index in [1.807, 2.05) is 4.68 Å².